The van der Waals surface area contributed by atoms with Gasteiger partial charge in [-0.05, 0) is 26.9 Å². The Balaban J connectivity index is 0. The fourth-order valence-electron chi connectivity index (χ4n) is 4.74. The molecule has 0 bridgehead atoms. The molecule has 0 aromatic carbocycles. The number of hydrogen-bond donors (Lipinski definition) is 2. The molecule has 0 aliphatic rings. The van der Waals surface area contributed by atoms with Crippen molar-refractivity contribution in [3.05, 3.63) is 0 Å². The van der Waals surface area contributed by atoms with Crippen LogP contribution in [0.4, 0.5) is 0 Å². The first-order valence-corrected chi connectivity index (χ1v) is 17.2. The molecule has 6 heteroatoms. The van der Waals surface area contributed by atoms with Crippen molar-refractivity contribution in [1.82, 2.24) is 10.6 Å². The number of unbranched alkanes of at least 4 members (excludes halogenated alkanes) is 21. The lowest BCUT2D eigenvalue weighted by molar-refractivity contribution is -0.163. The van der Waals surface area contributed by atoms with Crippen LogP contribution in [0.2, 0.25) is 0 Å². The average molecular weight is 572 g/mol. The Labute approximate surface area is 249 Å². The van der Waals surface area contributed by atoms with Crippen molar-refractivity contribution in [2.24, 2.45) is 0 Å². The smallest absolute Gasteiger partial charge is 0.306 e. The summed E-state index contributed by atoms with van der Waals surface area (Å²) in [5, 5.41) is 5.71. The van der Waals surface area contributed by atoms with Crippen LogP contribution in [0.25, 0.3) is 0 Å². The molecule has 40 heavy (non-hydrogen) atoms. The van der Waals surface area contributed by atoms with Crippen molar-refractivity contribution in [3.8, 4) is 0 Å². The second-order valence-corrected chi connectivity index (χ2v) is 11.4. The lowest BCUT2D eigenvalue weighted by atomic mass is 10.1. The van der Waals surface area contributed by atoms with E-state index in [4.69, 9.17) is 4.74 Å². The second kappa shape index (κ2) is 35.9. The predicted molar refractivity (Wildman–Crippen MR) is 173 cm³/mol. The van der Waals surface area contributed by atoms with E-state index < -0.39 is 6.10 Å². The second-order valence-electron chi connectivity index (χ2n) is 11.4. The highest BCUT2D eigenvalue weighted by Crippen LogP contribution is 2.13. The molecule has 0 aliphatic heterocycles. The molecular weight excluding hydrogens is 500 g/mol. The molecule has 0 saturated heterocycles. The van der Waals surface area contributed by atoms with Gasteiger partial charge in [-0.1, -0.05) is 149 Å². The minimum absolute atomic E-state index is 0.0532. The molecule has 3 N–H and O–H groups in total. The van der Waals surface area contributed by atoms with Crippen molar-refractivity contribution in [3.63, 3.8) is 0 Å². The van der Waals surface area contributed by atoms with E-state index in [1.165, 1.54) is 122 Å². The van der Waals surface area contributed by atoms with Crippen LogP contribution in [0.5, 0.6) is 0 Å². The molecule has 0 aliphatic carbocycles. The summed E-state index contributed by atoms with van der Waals surface area (Å²) < 4.78 is 9.45. The van der Waals surface area contributed by atoms with Crippen LogP contribution in [-0.2, 0) is 14.3 Å². The van der Waals surface area contributed by atoms with Crippen molar-refractivity contribution in [2.75, 3.05) is 34.4 Å². The fraction of sp³-hybridized carbons (Fsp3) is 0.941. The summed E-state index contributed by atoms with van der Waals surface area (Å²) in [4.78, 5) is 24.4. The van der Waals surface area contributed by atoms with Crippen LogP contribution >= 0.6 is 0 Å². The third kappa shape index (κ3) is 33.1. The van der Waals surface area contributed by atoms with Crippen molar-refractivity contribution in [2.45, 2.75) is 174 Å². The Kier molecular flexibility index (Phi) is 36.8. The Morgan fingerprint density at radius 1 is 0.600 bits per heavy atom. The zero-order valence-corrected chi connectivity index (χ0v) is 27.6. The van der Waals surface area contributed by atoms with Gasteiger partial charge in [-0.25, -0.2) is 0 Å². The summed E-state index contributed by atoms with van der Waals surface area (Å²) in [5.41, 5.74) is 0. The number of aliphatic hydroxyl groups is 2. The first kappa shape index (κ1) is 41.0. The standard InChI is InChI=1S/C32H63NO4.C2H7N/c1-4-6-8-10-12-14-16-18-20-22-24-26-28-33-32(35)30(36-3)29-37-31(34)27-25-23-21-19-17-15-13-11-9-7-5-2;1-3-2/h30H,4-29H2,1-3H3,(H,33,35);3H,1-2H3/p+1/t30-;/m0./s1. The lowest BCUT2D eigenvalue weighted by Gasteiger charge is -2.13. The highest BCUT2D eigenvalue weighted by Gasteiger charge is 2.24. The van der Waals surface area contributed by atoms with Crippen molar-refractivity contribution < 1.29 is 19.1 Å². The number of nitrogens with one attached hydrogen (secondary N) is 2. The maximum Gasteiger partial charge on any atom is 0.306 e. The lowest BCUT2D eigenvalue weighted by Crippen LogP contribution is -2.41. The van der Waals surface area contributed by atoms with E-state index in [-0.39, 0.29) is 18.5 Å². The molecule has 6 nitrogen and oxygen atoms in total. The molecule has 0 fully saturated rings. The van der Waals surface area contributed by atoms with Crippen LogP contribution in [0.3, 0.4) is 0 Å². The molecule has 0 aromatic rings. The number of carbonyl (C=O) groups excluding carboxylic acids is 2. The zero-order chi connectivity index (χ0) is 29.9. The highest BCUT2D eigenvalue weighted by molar-refractivity contribution is 5.81. The van der Waals surface area contributed by atoms with Gasteiger partial charge in [0, 0.05) is 13.0 Å². The molecule has 0 heterocycles. The van der Waals surface area contributed by atoms with Crippen LogP contribution in [0.1, 0.15) is 168 Å². The van der Waals surface area contributed by atoms with Gasteiger partial charge in [-0.3, -0.25) is 9.59 Å². The summed E-state index contributed by atoms with van der Waals surface area (Å²) in [6, 6.07) is 0. The Morgan fingerprint density at radius 3 is 1.32 bits per heavy atom. The number of esters is 1. The molecule has 0 saturated carbocycles. The van der Waals surface area contributed by atoms with E-state index >= 15 is 0 Å². The van der Waals surface area contributed by atoms with Gasteiger partial charge in [0.15, 0.2) is 6.61 Å². The van der Waals surface area contributed by atoms with Crippen LogP contribution in [0, 0.1) is 0 Å². The first-order valence-electron chi connectivity index (χ1n) is 17.2. The largest absolute Gasteiger partial charge is 0.457 e. The summed E-state index contributed by atoms with van der Waals surface area (Å²) >= 11 is 0. The molecular formula is C34H71N2O4+. The summed E-state index contributed by atoms with van der Waals surface area (Å²) in [7, 11) is 5.37. The molecule has 0 radical (unpaired) electrons. The Bertz CT molecular complexity index is 516. The molecule has 240 valence electrons. The third-order valence-corrected chi connectivity index (χ3v) is 7.33. The highest BCUT2D eigenvalue weighted by atomic mass is 16.6. The molecule has 1 amide bonds. The van der Waals surface area contributed by atoms with Gasteiger partial charge in [0.05, 0.1) is 0 Å². The summed E-state index contributed by atoms with van der Waals surface area (Å²) in [6.45, 7) is 5.25. The van der Waals surface area contributed by atoms with Crippen LogP contribution in [0.15, 0.2) is 0 Å². The minimum atomic E-state index is -0.599. The van der Waals surface area contributed by atoms with Gasteiger partial charge in [0.1, 0.15) is 7.11 Å². The van der Waals surface area contributed by atoms with E-state index in [0.29, 0.717) is 13.0 Å². The van der Waals surface area contributed by atoms with Gasteiger partial charge in [-0.2, -0.15) is 0 Å². The summed E-state index contributed by atoms with van der Waals surface area (Å²) in [6.07, 6.45) is 29.3. The fourth-order valence-corrected chi connectivity index (χ4v) is 4.74. The maximum atomic E-state index is 12.4. The molecule has 1 atom stereocenters. The Hall–Kier alpha value is -1.14. The quantitative estimate of drug-likeness (QED) is 0.0536. The predicted octanol–water partition coefficient (Wildman–Crippen LogP) is 8.41. The van der Waals surface area contributed by atoms with E-state index in [1.807, 2.05) is 14.1 Å². The number of rotatable bonds is 29. The van der Waals surface area contributed by atoms with E-state index in [2.05, 4.69) is 29.2 Å². The SMILES string of the molecule is CCCCCCCCCCCCCCNC(=O)[C@H](COC(=O)CCCCCCCCCCCCC)[OH+]C.CNC. The van der Waals surface area contributed by atoms with E-state index in [1.54, 1.807) is 7.11 Å². The van der Waals surface area contributed by atoms with Gasteiger partial charge < -0.3 is 20.1 Å². The van der Waals surface area contributed by atoms with Crippen LogP contribution < -0.4 is 10.6 Å². The van der Waals surface area contributed by atoms with Gasteiger partial charge in [0.25, 0.3) is 6.10 Å². The topological polar surface area (TPSA) is 80.2 Å². The van der Waals surface area contributed by atoms with E-state index in [9.17, 15) is 9.59 Å². The van der Waals surface area contributed by atoms with Gasteiger partial charge in [-0.15, -0.1) is 0 Å². The Morgan fingerprint density at radius 2 is 0.950 bits per heavy atom. The zero-order valence-electron chi connectivity index (χ0n) is 27.6. The molecule has 0 unspecified atom stereocenters. The minimum Gasteiger partial charge on any atom is -0.457 e. The normalized spacial score (nSPS) is 11.5. The molecule has 0 rings (SSSR count). The van der Waals surface area contributed by atoms with Crippen LogP contribution in [-0.4, -0.2) is 57.1 Å². The monoisotopic (exact) mass is 572 g/mol. The summed E-state index contributed by atoms with van der Waals surface area (Å²) in [5.74, 6) is -0.341. The number of ether oxygens (including phenoxy) is 2. The van der Waals surface area contributed by atoms with E-state index in [0.717, 1.165) is 25.7 Å². The number of carbonyl (C=O) groups is 2. The van der Waals surface area contributed by atoms with Crippen molar-refractivity contribution in [1.29, 1.82) is 0 Å². The first-order chi connectivity index (χ1) is 19.6. The van der Waals surface area contributed by atoms with Crippen molar-refractivity contribution >= 4 is 11.9 Å². The van der Waals surface area contributed by atoms with Gasteiger partial charge >= 0.3 is 11.9 Å². The number of amides is 1. The molecule has 0 spiro atoms. The third-order valence-electron chi connectivity index (χ3n) is 7.33. The molecule has 0 aromatic heterocycles. The average Bonchev–Trinajstić information content (AvgIpc) is 2.95. The maximum absolute atomic E-state index is 12.4. The van der Waals surface area contributed by atoms with Gasteiger partial charge in [0.2, 0.25) is 0 Å². The number of hydrogen-bond acceptors (Lipinski definition) is 4.